The highest BCUT2D eigenvalue weighted by molar-refractivity contribution is 5.75. The Morgan fingerprint density at radius 3 is 2.75 bits per heavy atom. The van der Waals surface area contributed by atoms with Crippen molar-refractivity contribution in [2.24, 2.45) is 13.0 Å². The molecule has 2 fully saturated rings. The molecule has 1 aliphatic heterocycles. The molecule has 8 heteroatoms. The number of fused-ring (bicyclic) bond motifs is 2. The van der Waals surface area contributed by atoms with Gasteiger partial charge in [-0.25, -0.2) is 14.6 Å². The summed E-state index contributed by atoms with van der Waals surface area (Å²) in [5.41, 5.74) is 2.86. The molecule has 32 heavy (non-hydrogen) atoms. The van der Waals surface area contributed by atoms with Crippen molar-refractivity contribution in [3.63, 3.8) is 0 Å². The van der Waals surface area contributed by atoms with Crippen LogP contribution in [0.3, 0.4) is 0 Å². The highest BCUT2D eigenvalue weighted by Gasteiger charge is 2.34. The molecule has 0 amide bonds. The maximum atomic E-state index is 12.8. The molecule has 1 aromatic carbocycles. The SMILES string of the molecule is C[C@@H]1CN(Cc2nc3ccccc3n2C)C[C@H]1c1nc2c(cnn2C2CCCC2)c(=O)[nH]1. The molecule has 1 aliphatic carbocycles. The number of nitrogens with zero attached hydrogens (tertiary/aromatic N) is 6. The fourth-order valence-corrected chi connectivity index (χ4v) is 5.63. The van der Waals surface area contributed by atoms with Gasteiger partial charge in [-0.1, -0.05) is 31.9 Å². The van der Waals surface area contributed by atoms with Gasteiger partial charge in [-0.3, -0.25) is 9.69 Å². The quantitative estimate of drug-likeness (QED) is 0.536. The molecule has 2 aliphatic rings. The number of likely N-dealkylation sites (tertiary alicyclic amines) is 1. The van der Waals surface area contributed by atoms with Gasteiger partial charge in [0.25, 0.3) is 5.56 Å². The maximum absolute atomic E-state index is 12.8. The molecule has 2 atom stereocenters. The van der Waals surface area contributed by atoms with Crippen molar-refractivity contribution in [2.45, 2.75) is 51.1 Å². The Bertz CT molecular complexity index is 1340. The van der Waals surface area contributed by atoms with Crippen molar-refractivity contribution >= 4 is 22.1 Å². The Morgan fingerprint density at radius 1 is 1.12 bits per heavy atom. The van der Waals surface area contributed by atoms with Crippen molar-refractivity contribution < 1.29 is 0 Å². The van der Waals surface area contributed by atoms with Crippen LogP contribution in [0.25, 0.3) is 22.1 Å². The molecular weight excluding hydrogens is 402 g/mol. The third-order valence-electron chi connectivity index (χ3n) is 7.44. The third kappa shape index (κ3) is 3.16. The summed E-state index contributed by atoms with van der Waals surface area (Å²) in [6.07, 6.45) is 6.36. The van der Waals surface area contributed by atoms with Gasteiger partial charge in [0.1, 0.15) is 17.0 Å². The first-order valence-electron chi connectivity index (χ1n) is 11.7. The predicted molar refractivity (Wildman–Crippen MR) is 124 cm³/mol. The van der Waals surface area contributed by atoms with Crippen LogP contribution >= 0.6 is 0 Å². The van der Waals surface area contributed by atoms with Gasteiger partial charge in [-0.2, -0.15) is 5.10 Å². The van der Waals surface area contributed by atoms with Crippen molar-refractivity contribution in [1.29, 1.82) is 0 Å². The van der Waals surface area contributed by atoms with E-state index >= 15 is 0 Å². The second-order valence-corrected chi connectivity index (χ2v) is 9.57. The molecule has 8 nitrogen and oxygen atoms in total. The second kappa shape index (κ2) is 7.55. The van der Waals surface area contributed by atoms with Crippen LogP contribution in [0, 0.1) is 5.92 Å². The summed E-state index contributed by atoms with van der Waals surface area (Å²) in [5, 5.41) is 5.14. The Morgan fingerprint density at radius 2 is 1.94 bits per heavy atom. The van der Waals surface area contributed by atoms with E-state index in [0.717, 1.165) is 60.8 Å². The lowest BCUT2D eigenvalue weighted by Gasteiger charge is -2.16. The van der Waals surface area contributed by atoms with E-state index in [-0.39, 0.29) is 11.5 Å². The van der Waals surface area contributed by atoms with Gasteiger partial charge in [0.05, 0.1) is 29.8 Å². The zero-order chi connectivity index (χ0) is 21.8. The first-order chi connectivity index (χ1) is 15.6. The van der Waals surface area contributed by atoms with Crippen LogP contribution in [0.15, 0.2) is 35.3 Å². The van der Waals surface area contributed by atoms with Crippen LogP contribution in [0.5, 0.6) is 0 Å². The summed E-state index contributed by atoms with van der Waals surface area (Å²) in [6, 6.07) is 8.62. The number of hydrogen-bond acceptors (Lipinski definition) is 5. The maximum Gasteiger partial charge on any atom is 0.262 e. The lowest BCUT2D eigenvalue weighted by Crippen LogP contribution is -2.23. The molecule has 1 N–H and O–H groups in total. The summed E-state index contributed by atoms with van der Waals surface area (Å²) < 4.78 is 4.18. The van der Waals surface area contributed by atoms with E-state index < -0.39 is 0 Å². The number of benzene rings is 1. The van der Waals surface area contributed by atoms with E-state index in [0.29, 0.717) is 17.3 Å². The van der Waals surface area contributed by atoms with Gasteiger partial charge >= 0.3 is 0 Å². The van der Waals surface area contributed by atoms with Gasteiger partial charge in [-0.05, 0) is 30.9 Å². The first-order valence-corrected chi connectivity index (χ1v) is 11.7. The van der Waals surface area contributed by atoms with E-state index in [9.17, 15) is 4.79 Å². The summed E-state index contributed by atoms with van der Waals surface area (Å²) in [7, 11) is 2.08. The lowest BCUT2D eigenvalue weighted by atomic mass is 9.97. The molecule has 4 heterocycles. The van der Waals surface area contributed by atoms with Gasteiger partial charge in [0.15, 0.2) is 5.65 Å². The van der Waals surface area contributed by atoms with Crippen molar-refractivity contribution in [3.05, 3.63) is 52.5 Å². The molecule has 0 bridgehead atoms. The van der Waals surface area contributed by atoms with Gasteiger partial charge < -0.3 is 9.55 Å². The van der Waals surface area contributed by atoms with E-state index in [1.807, 2.05) is 10.7 Å². The molecule has 6 rings (SSSR count). The molecule has 0 radical (unpaired) electrons. The van der Waals surface area contributed by atoms with Gasteiger partial charge in [0.2, 0.25) is 0 Å². The molecule has 4 aromatic rings. The largest absolute Gasteiger partial charge is 0.330 e. The number of para-hydroxylation sites is 2. The molecule has 0 unspecified atom stereocenters. The number of aryl methyl sites for hydroxylation is 1. The molecule has 3 aromatic heterocycles. The van der Waals surface area contributed by atoms with Crippen molar-refractivity contribution in [1.82, 2.24) is 34.2 Å². The number of H-pyrrole nitrogens is 1. The Hall–Kier alpha value is -3.00. The average Bonchev–Trinajstić information content (AvgIpc) is 3.56. The minimum Gasteiger partial charge on any atom is -0.330 e. The summed E-state index contributed by atoms with van der Waals surface area (Å²) in [5.74, 6) is 2.44. The Balaban J connectivity index is 1.28. The Labute approximate surface area is 186 Å². The normalized spacial score (nSPS) is 22.6. The van der Waals surface area contributed by atoms with Crippen LogP contribution in [-0.4, -0.2) is 47.3 Å². The number of aromatic amines is 1. The van der Waals surface area contributed by atoms with E-state index in [1.165, 1.54) is 12.8 Å². The lowest BCUT2D eigenvalue weighted by molar-refractivity contribution is 0.307. The highest BCUT2D eigenvalue weighted by atomic mass is 16.1. The smallest absolute Gasteiger partial charge is 0.262 e. The first kappa shape index (κ1) is 19.7. The minimum absolute atomic E-state index is 0.0738. The molecular formula is C24H29N7O. The monoisotopic (exact) mass is 431 g/mol. The van der Waals surface area contributed by atoms with Gasteiger partial charge in [-0.15, -0.1) is 0 Å². The Kier molecular flexibility index (Phi) is 4.64. The number of hydrogen-bond donors (Lipinski definition) is 1. The van der Waals surface area contributed by atoms with Crippen LogP contribution in [-0.2, 0) is 13.6 Å². The fourth-order valence-electron chi connectivity index (χ4n) is 5.63. The second-order valence-electron chi connectivity index (χ2n) is 9.57. The standard InChI is InChI=1S/C24H29N7O/c1-15-12-30(14-21-26-19-9-5-6-10-20(19)29(21)2)13-18(15)22-27-23-17(24(32)28-22)11-25-31(23)16-7-3-4-8-16/h5-6,9-11,15-16,18H,3-4,7-8,12-14H2,1-2H3,(H,27,28,32)/t15-,18-/m1/s1. The molecule has 1 saturated carbocycles. The number of nitrogens with one attached hydrogen (secondary N) is 1. The van der Waals surface area contributed by atoms with E-state index in [4.69, 9.17) is 9.97 Å². The summed E-state index contributed by atoms with van der Waals surface area (Å²) in [6.45, 7) is 4.85. The predicted octanol–water partition coefficient (Wildman–Crippen LogP) is 3.36. The van der Waals surface area contributed by atoms with Crippen LogP contribution in [0.2, 0.25) is 0 Å². The molecule has 0 spiro atoms. The van der Waals surface area contributed by atoms with Gasteiger partial charge in [0, 0.05) is 26.1 Å². The summed E-state index contributed by atoms with van der Waals surface area (Å²) >= 11 is 0. The highest BCUT2D eigenvalue weighted by Crippen LogP contribution is 2.33. The number of imidazole rings is 1. The topological polar surface area (TPSA) is 84.6 Å². The fraction of sp³-hybridized carbons (Fsp3) is 0.500. The summed E-state index contributed by atoms with van der Waals surface area (Å²) in [4.78, 5) is 28.1. The number of rotatable bonds is 4. The zero-order valence-corrected chi connectivity index (χ0v) is 18.7. The van der Waals surface area contributed by atoms with Crippen LogP contribution < -0.4 is 5.56 Å². The molecule has 1 saturated heterocycles. The number of aromatic nitrogens is 6. The zero-order valence-electron chi connectivity index (χ0n) is 18.7. The molecule has 166 valence electrons. The minimum atomic E-state index is -0.0738. The third-order valence-corrected chi connectivity index (χ3v) is 7.44. The van der Waals surface area contributed by atoms with Crippen LogP contribution in [0.1, 0.15) is 56.2 Å². The average molecular weight is 432 g/mol. The van der Waals surface area contributed by atoms with E-state index in [2.05, 4.69) is 51.7 Å². The van der Waals surface area contributed by atoms with Crippen molar-refractivity contribution in [2.75, 3.05) is 13.1 Å². The van der Waals surface area contributed by atoms with E-state index in [1.54, 1.807) is 6.20 Å². The van der Waals surface area contributed by atoms with Crippen molar-refractivity contribution in [3.8, 4) is 0 Å². The van der Waals surface area contributed by atoms with Crippen LogP contribution in [0.4, 0.5) is 0 Å².